The maximum absolute atomic E-state index is 11.2. The minimum atomic E-state index is -0.0889. The Morgan fingerprint density at radius 1 is 0.911 bits per heavy atom. The van der Waals surface area contributed by atoms with Crippen molar-refractivity contribution in [2.45, 2.75) is 17.0 Å². The van der Waals surface area contributed by atoms with Crippen molar-refractivity contribution < 1.29 is 19.7 Å². The van der Waals surface area contributed by atoms with Gasteiger partial charge in [-0.3, -0.25) is 0 Å². The topological polar surface area (TPSA) is 197 Å². The normalized spacial score (nSPS) is 11.1. The van der Waals surface area contributed by atoms with E-state index in [1.54, 1.807) is 43.3 Å². The molecule has 0 unspecified atom stereocenters. The van der Waals surface area contributed by atoms with Gasteiger partial charge in [0, 0.05) is 16.8 Å². The smallest absolute Gasteiger partial charge is 0.263 e. The highest BCUT2D eigenvalue weighted by atomic mass is 35.5. The van der Waals surface area contributed by atoms with Gasteiger partial charge in [0.25, 0.3) is 5.95 Å². The lowest BCUT2D eigenvalue weighted by Crippen LogP contribution is -2.00. The van der Waals surface area contributed by atoms with Crippen LogP contribution in [-0.2, 0) is 9.37 Å². The fourth-order valence-corrected chi connectivity index (χ4v) is 5.00. The van der Waals surface area contributed by atoms with Crippen LogP contribution in [0.25, 0.3) is 10.8 Å². The van der Waals surface area contributed by atoms with E-state index in [1.807, 2.05) is 12.3 Å². The van der Waals surface area contributed by atoms with Crippen LogP contribution >= 0.6 is 47.0 Å². The SMILES string of the molecule is C=C=Nc1nc(Cl)nc(Nc2ccc3c(O)c(N=Nc4cc(Nc5nc(Cl)nc(SC)n5)ccc4SOOO)c(C)cc3c2)n1. The van der Waals surface area contributed by atoms with Crippen LogP contribution in [0.2, 0.25) is 10.6 Å². The Balaban J connectivity index is 1.45. The second-order valence-electron chi connectivity index (χ2n) is 8.60. The van der Waals surface area contributed by atoms with Gasteiger partial charge in [-0.05, 0) is 102 Å². The van der Waals surface area contributed by atoms with Gasteiger partial charge in [-0.2, -0.15) is 34.9 Å². The number of fused-ring (bicyclic) bond motifs is 1. The van der Waals surface area contributed by atoms with E-state index in [-0.39, 0.29) is 39.8 Å². The predicted molar refractivity (Wildman–Crippen MR) is 172 cm³/mol. The number of phenolic OH excluding ortho intramolecular Hbond substituents is 1. The number of benzene rings is 3. The molecule has 0 saturated carbocycles. The summed E-state index contributed by atoms with van der Waals surface area (Å²) in [5, 5.41) is 40.0. The van der Waals surface area contributed by atoms with Crippen LogP contribution in [0.15, 0.2) is 74.3 Å². The molecule has 0 radical (unpaired) electrons. The standard InChI is InChI=1S/C26H19Cl2N11O4S2/c1-4-29-23-32-21(27)33-24(36-23)30-14-5-7-16-13(10-14)9-12(2)19(20(16)40)39-38-17-11-15(6-8-18(17)45-43-42-41)31-25-34-22(28)35-26(37-25)44-3/h5-11,40-41H,1H2,2-3H3,(H,30,32,33,36)(H,31,34,35,37). The highest BCUT2D eigenvalue weighted by Crippen LogP contribution is 2.41. The van der Waals surface area contributed by atoms with Crippen LogP contribution in [0, 0.1) is 6.92 Å². The fourth-order valence-electron chi connectivity index (χ4n) is 3.87. The summed E-state index contributed by atoms with van der Waals surface area (Å²) in [6, 6.07) is 12.0. The molecule has 0 spiro atoms. The summed E-state index contributed by atoms with van der Waals surface area (Å²) in [4.78, 5) is 28.7. The molecular formula is C26H19Cl2N11O4S2. The maximum Gasteiger partial charge on any atom is 0.263 e. The van der Waals surface area contributed by atoms with Crippen molar-refractivity contribution in [3.63, 3.8) is 0 Å². The van der Waals surface area contributed by atoms with Gasteiger partial charge in [0.1, 0.15) is 11.4 Å². The van der Waals surface area contributed by atoms with Crippen molar-refractivity contribution in [1.82, 2.24) is 29.9 Å². The van der Waals surface area contributed by atoms with E-state index < -0.39 is 0 Å². The first kappa shape index (κ1) is 32.0. The molecule has 0 aliphatic carbocycles. The molecule has 228 valence electrons. The number of aryl methyl sites for hydroxylation is 1. The summed E-state index contributed by atoms with van der Waals surface area (Å²) in [6.45, 7) is 5.18. The van der Waals surface area contributed by atoms with Gasteiger partial charge in [0.05, 0.1) is 16.9 Å². The highest BCUT2D eigenvalue weighted by molar-refractivity contribution is 7.98. The minimum absolute atomic E-state index is 0.0325. The van der Waals surface area contributed by atoms with Gasteiger partial charge in [-0.25, -0.2) is 5.26 Å². The lowest BCUT2D eigenvalue weighted by molar-refractivity contribution is -0.432. The molecule has 5 rings (SSSR count). The lowest BCUT2D eigenvalue weighted by Gasteiger charge is -2.11. The number of halogens is 2. The van der Waals surface area contributed by atoms with Crippen molar-refractivity contribution >= 4 is 104 Å². The number of phenols is 1. The van der Waals surface area contributed by atoms with E-state index in [0.717, 1.165) is 0 Å². The predicted octanol–water partition coefficient (Wildman–Crippen LogP) is 8.07. The summed E-state index contributed by atoms with van der Waals surface area (Å²) < 4.78 is 4.61. The quantitative estimate of drug-likeness (QED) is 0.0260. The molecule has 5 aromatic rings. The molecule has 2 heterocycles. The van der Waals surface area contributed by atoms with E-state index >= 15 is 0 Å². The fraction of sp³-hybridized carbons (Fsp3) is 0.0769. The highest BCUT2D eigenvalue weighted by Gasteiger charge is 2.14. The van der Waals surface area contributed by atoms with E-state index in [1.165, 1.54) is 11.8 Å². The van der Waals surface area contributed by atoms with Crippen molar-refractivity contribution in [2.24, 2.45) is 15.2 Å². The Morgan fingerprint density at radius 2 is 1.62 bits per heavy atom. The number of thioether (sulfide) groups is 1. The van der Waals surface area contributed by atoms with E-state index in [0.29, 0.717) is 55.5 Å². The van der Waals surface area contributed by atoms with Crippen molar-refractivity contribution in [1.29, 1.82) is 0 Å². The third-order valence-electron chi connectivity index (χ3n) is 5.71. The first-order valence-corrected chi connectivity index (χ1v) is 15.1. The van der Waals surface area contributed by atoms with Gasteiger partial charge >= 0.3 is 0 Å². The molecule has 19 heteroatoms. The molecule has 0 fully saturated rings. The zero-order valence-electron chi connectivity index (χ0n) is 23.1. The van der Waals surface area contributed by atoms with Crippen molar-refractivity contribution in [3.8, 4) is 5.75 Å². The van der Waals surface area contributed by atoms with Gasteiger partial charge in [0.2, 0.25) is 22.5 Å². The van der Waals surface area contributed by atoms with E-state index in [4.69, 9.17) is 28.5 Å². The number of hydrogen-bond acceptors (Lipinski definition) is 17. The number of rotatable bonds is 11. The second kappa shape index (κ2) is 14.6. The van der Waals surface area contributed by atoms with Crippen LogP contribution in [0.1, 0.15) is 5.56 Å². The van der Waals surface area contributed by atoms with Gasteiger partial charge in [-0.1, -0.05) is 16.8 Å². The first-order valence-electron chi connectivity index (χ1n) is 12.4. The molecule has 2 aromatic heterocycles. The summed E-state index contributed by atoms with van der Waals surface area (Å²) in [5.41, 5.74) is 2.33. The number of hydrogen-bond donors (Lipinski definition) is 4. The number of anilines is 4. The third-order valence-corrected chi connectivity index (χ3v) is 7.24. The Hall–Kier alpha value is -4.45. The Labute approximate surface area is 273 Å². The van der Waals surface area contributed by atoms with Crippen LogP contribution < -0.4 is 10.6 Å². The number of aromatic nitrogens is 6. The summed E-state index contributed by atoms with van der Waals surface area (Å²) >= 11 is 14.0. The molecule has 45 heavy (non-hydrogen) atoms. The molecule has 0 aliphatic rings. The van der Waals surface area contributed by atoms with Gasteiger partial charge < -0.3 is 15.7 Å². The lowest BCUT2D eigenvalue weighted by atomic mass is 10.0. The molecule has 0 bridgehead atoms. The van der Waals surface area contributed by atoms with Gasteiger partial charge in [-0.15, -0.1) is 14.6 Å². The average molecular weight is 685 g/mol. The maximum atomic E-state index is 11.2. The number of azo groups is 1. The zero-order chi connectivity index (χ0) is 31.9. The monoisotopic (exact) mass is 683 g/mol. The number of aromatic hydroxyl groups is 1. The Kier molecular flexibility index (Phi) is 10.3. The van der Waals surface area contributed by atoms with Gasteiger partial charge in [0.15, 0.2) is 10.9 Å². The van der Waals surface area contributed by atoms with Crippen LogP contribution in [0.5, 0.6) is 5.75 Å². The molecule has 3 aromatic carbocycles. The van der Waals surface area contributed by atoms with E-state index in [9.17, 15) is 5.11 Å². The molecule has 0 saturated heterocycles. The summed E-state index contributed by atoms with van der Waals surface area (Å²) in [6.07, 6.45) is 1.81. The van der Waals surface area contributed by atoms with Crippen LogP contribution in [-0.4, -0.2) is 52.4 Å². The molecule has 0 amide bonds. The second-order valence-corrected chi connectivity index (χ2v) is 10.8. The van der Waals surface area contributed by atoms with Crippen LogP contribution in [0.4, 0.5) is 40.6 Å². The first-order chi connectivity index (χ1) is 21.8. The molecule has 15 nitrogen and oxygen atoms in total. The van der Waals surface area contributed by atoms with Crippen molar-refractivity contribution in [2.75, 3.05) is 16.9 Å². The van der Waals surface area contributed by atoms with Crippen molar-refractivity contribution in [3.05, 3.63) is 65.2 Å². The Morgan fingerprint density at radius 3 is 2.36 bits per heavy atom. The largest absolute Gasteiger partial charge is 0.505 e. The summed E-state index contributed by atoms with van der Waals surface area (Å²) in [5.74, 6) is 2.70. The molecule has 0 aliphatic heterocycles. The molecular weight excluding hydrogens is 665 g/mol. The number of nitrogens with zero attached hydrogens (tertiary/aromatic N) is 9. The molecule has 0 atom stereocenters. The molecule has 4 N–H and O–H groups in total. The zero-order valence-corrected chi connectivity index (χ0v) is 26.2. The Bertz CT molecular complexity index is 1980. The van der Waals surface area contributed by atoms with E-state index in [2.05, 4.69) is 77.6 Å². The average Bonchev–Trinajstić information content (AvgIpc) is 3.00. The third kappa shape index (κ3) is 7.99. The van der Waals surface area contributed by atoms with Crippen LogP contribution in [0.3, 0.4) is 0 Å². The number of aliphatic imine (C=N–C) groups is 1. The minimum Gasteiger partial charge on any atom is -0.505 e. The summed E-state index contributed by atoms with van der Waals surface area (Å²) in [7, 11) is 0. The number of nitrogens with one attached hydrogen (secondary N) is 2.